The van der Waals surface area contributed by atoms with Crippen molar-refractivity contribution in [3.05, 3.63) is 0 Å². The molecule has 0 aliphatic heterocycles. The van der Waals surface area contributed by atoms with Crippen molar-refractivity contribution < 1.29 is 28.6 Å². The second-order valence-corrected chi connectivity index (χ2v) is 22.8. The van der Waals surface area contributed by atoms with E-state index in [1.807, 2.05) is 0 Å². The van der Waals surface area contributed by atoms with Gasteiger partial charge in [-0.1, -0.05) is 324 Å². The molecule has 0 bridgehead atoms. The molecule has 416 valence electrons. The zero-order chi connectivity index (χ0) is 51.1. The minimum absolute atomic E-state index is 0.0618. The summed E-state index contributed by atoms with van der Waals surface area (Å²) in [5.74, 6) is 0.912. The Labute approximate surface area is 438 Å². The van der Waals surface area contributed by atoms with Crippen molar-refractivity contribution in [2.45, 2.75) is 368 Å². The molecule has 0 saturated heterocycles. The van der Waals surface area contributed by atoms with Crippen LogP contribution in [0.25, 0.3) is 0 Å². The van der Waals surface area contributed by atoms with Crippen molar-refractivity contribution >= 4 is 17.9 Å². The van der Waals surface area contributed by atoms with Gasteiger partial charge in [-0.25, -0.2) is 0 Å². The molecule has 0 radical (unpaired) electrons. The first-order chi connectivity index (χ1) is 34.3. The summed E-state index contributed by atoms with van der Waals surface area (Å²) in [4.78, 5) is 38.3. The van der Waals surface area contributed by atoms with Gasteiger partial charge < -0.3 is 14.2 Å². The van der Waals surface area contributed by atoms with Gasteiger partial charge >= 0.3 is 17.9 Å². The number of carbonyl (C=O) groups is 3. The lowest BCUT2D eigenvalue weighted by molar-refractivity contribution is -0.167. The van der Waals surface area contributed by atoms with Crippen LogP contribution in [-0.4, -0.2) is 37.2 Å². The molecular formula is C64H124O6. The topological polar surface area (TPSA) is 78.9 Å². The predicted molar refractivity (Wildman–Crippen MR) is 303 cm³/mol. The highest BCUT2D eigenvalue weighted by atomic mass is 16.6. The molecule has 6 nitrogen and oxygen atoms in total. The summed E-state index contributed by atoms with van der Waals surface area (Å²) in [6.45, 7) is 11.5. The smallest absolute Gasteiger partial charge is 0.306 e. The van der Waals surface area contributed by atoms with Gasteiger partial charge in [0, 0.05) is 19.3 Å². The van der Waals surface area contributed by atoms with Gasteiger partial charge in [0.2, 0.25) is 0 Å². The highest BCUT2D eigenvalue weighted by molar-refractivity contribution is 5.71. The first-order valence-corrected chi connectivity index (χ1v) is 31.8. The van der Waals surface area contributed by atoms with Crippen molar-refractivity contribution in [1.82, 2.24) is 0 Å². The van der Waals surface area contributed by atoms with E-state index in [0.29, 0.717) is 19.3 Å². The molecule has 0 spiro atoms. The molecule has 0 heterocycles. The zero-order valence-corrected chi connectivity index (χ0v) is 48.2. The fourth-order valence-electron chi connectivity index (χ4n) is 9.90. The van der Waals surface area contributed by atoms with Crippen molar-refractivity contribution in [2.75, 3.05) is 13.2 Å². The maximum Gasteiger partial charge on any atom is 0.306 e. The van der Waals surface area contributed by atoms with Crippen LogP contribution in [0.15, 0.2) is 0 Å². The van der Waals surface area contributed by atoms with Crippen LogP contribution in [0.4, 0.5) is 0 Å². The van der Waals surface area contributed by atoms with Gasteiger partial charge in [-0.15, -0.1) is 0 Å². The van der Waals surface area contributed by atoms with E-state index in [-0.39, 0.29) is 31.1 Å². The van der Waals surface area contributed by atoms with E-state index < -0.39 is 6.10 Å². The lowest BCUT2D eigenvalue weighted by Gasteiger charge is -2.18. The van der Waals surface area contributed by atoms with Gasteiger partial charge in [0.1, 0.15) is 13.2 Å². The molecule has 0 aromatic carbocycles. The number of hydrogen-bond acceptors (Lipinski definition) is 6. The van der Waals surface area contributed by atoms with Crippen LogP contribution in [0.3, 0.4) is 0 Å². The van der Waals surface area contributed by atoms with E-state index in [9.17, 15) is 14.4 Å². The number of rotatable bonds is 58. The molecule has 0 amide bonds. The molecule has 0 N–H and O–H groups in total. The third-order valence-electron chi connectivity index (χ3n) is 15.1. The average molecular weight is 990 g/mol. The van der Waals surface area contributed by atoms with E-state index in [2.05, 4.69) is 34.6 Å². The Kier molecular flexibility index (Phi) is 55.4. The van der Waals surface area contributed by atoms with Crippen LogP contribution in [-0.2, 0) is 28.6 Å². The summed E-state index contributed by atoms with van der Waals surface area (Å²) < 4.78 is 17.0. The Hall–Kier alpha value is -1.59. The van der Waals surface area contributed by atoms with Crippen molar-refractivity contribution in [1.29, 1.82) is 0 Å². The van der Waals surface area contributed by atoms with Crippen molar-refractivity contribution in [3.63, 3.8) is 0 Å². The summed E-state index contributed by atoms with van der Waals surface area (Å²) >= 11 is 0. The van der Waals surface area contributed by atoms with Crippen LogP contribution in [0.5, 0.6) is 0 Å². The molecule has 70 heavy (non-hydrogen) atoms. The Morgan fingerprint density at radius 1 is 0.300 bits per heavy atom. The van der Waals surface area contributed by atoms with E-state index in [1.54, 1.807) is 0 Å². The molecule has 0 aliphatic carbocycles. The average Bonchev–Trinajstić information content (AvgIpc) is 3.35. The van der Waals surface area contributed by atoms with Gasteiger partial charge in [-0.3, -0.25) is 14.4 Å². The van der Waals surface area contributed by atoms with Gasteiger partial charge in [-0.05, 0) is 31.1 Å². The number of esters is 3. The SMILES string of the molecule is CCCCCCCCCCCCCCCCCCC(=O)OC[C@H](COC(=O)CCCCCCCCCCCCCCCCC(C)CC)OC(=O)CCCCCCCCCCCCCCCCCC(C)C. The van der Waals surface area contributed by atoms with E-state index in [0.717, 1.165) is 69.6 Å². The van der Waals surface area contributed by atoms with Crippen molar-refractivity contribution in [2.24, 2.45) is 11.8 Å². The van der Waals surface area contributed by atoms with Gasteiger partial charge in [0.25, 0.3) is 0 Å². The second-order valence-electron chi connectivity index (χ2n) is 22.8. The third-order valence-corrected chi connectivity index (χ3v) is 15.1. The minimum Gasteiger partial charge on any atom is -0.462 e. The van der Waals surface area contributed by atoms with Crippen LogP contribution in [0.2, 0.25) is 0 Å². The summed E-state index contributed by atoms with van der Waals surface area (Å²) in [5, 5.41) is 0. The normalized spacial score (nSPS) is 12.4. The Balaban J connectivity index is 4.30. The van der Waals surface area contributed by atoms with Crippen LogP contribution in [0, 0.1) is 11.8 Å². The summed E-state index contributed by atoms with van der Waals surface area (Å²) in [5.41, 5.74) is 0. The molecule has 0 fully saturated rings. The fourth-order valence-corrected chi connectivity index (χ4v) is 9.90. The first-order valence-electron chi connectivity index (χ1n) is 31.8. The number of unbranched alkanes of at least 4 members (excludes halogenated alkanes) is 42. The van der Waals surface area contributed by atoms with E-state index >= 15 is 0 Å². The maximum absolute atomic E-state index is 12.9. The first kappa shape index (κ1) is 68.4. The lowest BCUT2D eigenvalue weighted by Crippen LogP contribution is -2.30. The predicted octanol–water partition coefficient (Wildman–Crippen LogP) is 21.2. The summed E-state index contributed by atoms with van der Waals surface area (Å²) in [6, 6.07) is 0. The van der Waals surface area contributed by atoms with Gasteiger partial charge in [0.05, 0.1) is 0 Å². The summed E-state index contributed by atoms with van der Waals surface area (Å²) in [7, 11) is 0. The molecule has 0 rings (SSSR count). The molecule has 0 aliphatic rings. The molecule has 2 atom stereocenters. The maximum atomic E-state index is 12.9. The number of carbonyl (C=O) groups excluding carboxylic acids is 3. The molecule has 6 heteroatoms. The van der Waals surface area contributed by atoms with Gasteiger partial charge in [-0.2, -0.15) is 0 Å². The second kappa shape index (κ2) is 56.7. The Morgan fingerprint density at radius 2 is 0.543 bits per heavy atom. The molecule has 0 saturated carbocycles. The zero-order valence-electron chi connectivity index (χ0n) is 48.2. The molecule has 0 aromatic heterocycles. The molecular weight excluding hydrogens is 865 g/mol. The van der Waals surface area contributed by atoms with E-state index in [1.165, 1.54) is 250 Å². The molecule has 1 unspecified atom stereocenters. The Morgan fingerprint density at radius 3 is 0.814 bits per heavy atom. The fraction of sp³-hybridized carbons (Fsp3) is 0.953. The Bertz CT molecular complexity index is 1070. The highest BCUT2D eigenvalue weighted by Crippen LogP contribution is 2.19. The van der Waals surface area contributed by atoms with Crippen LogP contribution < -0.4 is 0 Å². The lowest BCUT2D eigenvalue weighted by atomic mass is 9.99. The highest BCUT2D eigenvalue weighted by Gasteiger charge is 2.19. The largest absolute Gasteiger partial charge is 0.462 e. The summed E-state index contributed by atoms with van der Waals surface area (Å²) in [6.07, 6.45) is 62.3. The van der Waals surface area contributed by atoms with Crippen LogP contribution in [0.1, 0.15) is 362 Å². The minimum atomic E-state index is -0.764. The van der Waals surface area contributed by atoms with E-state index in [4.69, 9.17) is 14.2 Å². The third kappa shape index (κ3) is 55.7. The molecule has 0 aromatic rings. The monoisotopic (exact) mass is 989 g/mol. The number of ether oxygens (including phenoxy) is 3. The standard InChI is InChI=1S/C64H124O6/c1-6-8-9-10-11-12-13-14-15-18-24-29-34-39-44-49-54-62(65)68-57-61(70-64(67)56-51-46-41-36-31-26-19-16-17-22-27-32-37-42-47-52-59(3)4)58-69-63(66)55-50-45-40-35-30-25-21-20-23-28-33-38-43-48-53-60(5)7-2/h59-61H,6-58H2,1-5H3/t60?,61-/m1/s1. The van der Waals surface area contributed by atoms with Crippen molar-refractivity contribution in [3.8, 4) is 0 Å². The quantitative estimate of drug-likeness (QED) is 0.0343. The number of hydrogen-bond donors (Lipinski definition) is 0. The van der Waals surface area contributed by atoms with Gasteiger partial charge in [0.15, 0.2) is 6.10 Å². The van der Waals surface area contributed by atoms with Crippen LogP contribution >= 0.6 is 0 Å².